The molecule has 3 N–H and O–H groups in total. The number of nitrogens with one attached hydrogen (secondary N) is 1. The Morgan fingerprint density at radius 1 is 1.60 bits per heavy atom. The Labute approximate surface area is 116 Å². The summed E-state index contributed by atoms with van der Waals surface area (Å²) in [4.78, 5) is 11.9. The first-order valence-electron chi connectivity index (χ1n) is 5.99. The van der Waals surface area contributed by atoms with Gasteiger partial charge in [-0.2, -0.15) is 0 Å². The van der Waals surface area contributed by atoms with Crippen molar-refractivity contribution in [3.8, 4) is 23.8 Å². The van der Waals surface area contributed by atoms with Crippen LogP contribution in [0.25, 0.3) is 11.5 Å². The number of aromatic nitrogens is 2. The maximum Gasteiger partial charge on any atom is 0.247 e. The molecule has 20 heavy (non-hydrogen) atoms. The lowest BCUT2D eigenvalue weighted by Crippen LogP contribution is -2.35. The molecule has 0 aliphatic carbocycles. The molecule has 1 aromatic heterocycles. The third kappa shape index (κ3) is 3.02. The van der Waals surface area contributed by atoms with Crippen LogP contribution in [0, 0.1) is 19.3 Å². The SMILES string of the molecule is C#CCC(N)C(=O)Nc1cc(-c2nnco2)ccc1C. The van der Waals surface area contributed by atoms with E-state index in [-0.39, 0.29) is 12.3 Å². The molecular formula is C14H14N4O2. The molecule has 102 valence electrons. The minimum absolute atomic E-state index is 0.189. The van der Waals surface area contributed by atoms with Crippen molar-refractivity contribution in [2.45, 2.75) is 19.4 Å². The van der Waals surface area contributed by atoms with E-state index in [1.54, 1.807) is 6.07 Å². The molecule has 0 aliphatic rings. The van der Waals surface area contributed by atoms with Crippen molar-refractivity contribution >= 4 is 11.6 Å². The molecule has 1 atom stereocenters. The molecule has 6 nitrogen and oxygen atoms in total. The average Bonchev–Trinajstić information content (AvgIpc) is 2.95. The van der Waals surface area contributed by atoms with Crippen LogP contribution in [0.3, 0.4) is 0 Å². The second kappa shape index (κ2) is 5.99. The third-order valence-electron chi connectivity index (χ3n) is 2.78. The normalized spacial score (nSPS) is 11.7. The van der Waals surface area contributed by atoms with Crippen molar-refractivity contribution in [3.05, 3.63) is 30.2 Å². The Hall–Kier alpha value is -2.65. The number of aryl methyl sites for hydroxylation is 1. The summed E-state index contributed by atoms with van der Waals surface area (Å²) in [5, 5.41) is 10.2. The van der Waals surface area contributed by atoms with Crippen molar-refractivity contribution in [1.82, 2.24) is 10.2 Å². The summed E-state index contributed by atoms with van der Waals surface area (Å²) in [6.45, 7) is 1.87. The van der Waals surface area contributed by atoms with Crippen LogP contribution in [0.4, 0.5) is 5.69 Å². The Morgan fingerprint density at radius 2 is 2.40 bits per heavy atom. The lowest BCUT2D eigenvalue weighted by molar-refractivity contribution is -0.117. The van der Waals surface area contributed by atoms with E-state index in [0.29, 0.717) is 17.1 Å². The minimum Gasteiger partial charge on any atom is -0.423 e. The fraction of sp³-hybridized carbons (Fsp3) is 0.214. The van der Waals surface area contributed by atoms with E-state index in [1.165, 1.54) is 6.39 Å². The van der Waals surface area contributed by atoms with Gasteiger partial charge in [-0.05, 0) is 24.6 Å². The summed E-state index contributed by atoms with van der Waals surface area (Å²) in [5.74, 6) is 2.42. The smallest absolute Gasteiger partial charge is 0.247 e. The number of nitrogens with two attached hydrogens (primary N) is 1. The van der Waals surface area contributed by atoms with E-state index in [1.807, 2.05) is 19.1 Å². The molecule has 1 unspecified atom stereocenters. The largest absolute Gasteiger partial charge is 0.423 e. The van der Waals surface area contributed by atoms with E-state index in [9.17, 15) is 4.79 Å². The molecule has 1 aromatic carbocycles. The van der Waals surface area contributed by atoms with Gasteiger partial charge in [-0.15, -0.1) is 22.5 Å². The standard InChI is InChI=1S/C14H14N4O2/c1-3-4-11(15)13(19)17-12-7-10(6-5-9(12)2)14-18-16-8-20-14/h1,5-8,11H,4,15H2,2H3,(H,17,19). The molecule has 0 aliphatic heterocycles. The highest BCUT2D eigenvalue weighted by molar-refractivity contribution is 5.96. The Balaban J connectivity index is 2.22. The molecule has 2 rings (SSSR count). The summed E-state index contributed by atoms with van der Waals surface area (Å²) in [6.07, 6.45) is 6.58. The van der Waals surface area contributed by atoms with Crippen molar-refractivity contribution < 1.29 is 9.21 Å². The lowest BCUT2D eigenvalue weighted by Gasteiger charge is -2.12. The van der Waals surface area contributed by atoms with Crippen LogP contribution in [0.1, 0.15) is 12.0 Å². The van der Waals surface area contributed by atoms with Crippen LogP contribution in [0.15, 0.2) is 29.0 Å². The molecular weight excluding hydrogens is 256 g/mol. The number of benzene rings is 1. The number of hydrogen-bond donors (Lipinski definition) is 2. The van der Waals surface area contributed by atoms with Crippen LogP contribution in [-0.2, 0) is 4.79 Å². The van der Waals surface area contributed by atoms with E-state index in [4.69, 9.17) is 16.6 Å². The first-order chi connectivity index (χ1) is 9.61. The van der Waals surface area contributed by atoms with Gasteiger partial charge in [0.1, 0.15) is 0 Å². The number of anilines is 1. The van der Waals surface area contributed by atoms with Gasteiger partial charge in [0.05, 0.1) is 6.04 Å². The molecule has 0 spiro atoms. The first-order valence-corrected chi connectivity index (χ1v) is 5.99. The summed E-state index contributed by atoms with van der Waals surface area (Å²) < 4.78 is 5.12. The molecule has 0 saturated heterocycles. The molecule has 0 fully saturated rings. The van der Waals surface area contributed by atoms with E-state index >= 15 is 0 Å². The molecule has 6 heteroatoms. The molecule has 1 amide bonds. The monoisotopic (exact) mass is 270 g/mol. The van der Waals surface area contributed by atoms with Crippen LogP contribution in [0.5, 0.6) is 0 Å². The van der Waals surface area contributed by atoms with Gasteiger partial charge in [0.15, 0.2) is 0 Å². The van der Waals surface area contributed by atoms with Crippen molar-refractivity contribution in [3.63, 3.8) is 0 Å². The number of hydrogen-bond acceptors (Lipinski definition) is 5. The number of rotatable bonds is 4. The lowest BCUT2D eigenvalue weighted by atomic mass is 10.1. The van der Waals surface area contributed by atoms with Crippen LogP contribution >= 0.6 is 0 Å². The Morgan fingerprint density at radius 3 is 3.05 bits per heavy atom. The molecule has 0 saturated carbocycles. The molecule has 1 heterocycles. The van der Waals surface area contributed by atoms with Crippen LogP contribution < -0.4 is 11.1 Å². The summed E-state index contributed by atoms with van der Waals surface area (Å²) in [7, 11) is 0. The van der Waals surface area contributed by atoms with Gasteiger partial charge in [0.25, 0.3) is 0 Å². The zero-order chi connectivity index (χ0) is 14.5. The predicted molar refractivity (Wildman–Crippen MR) is 74.5 cm³/mol. The van der Waals surface area contributed by atoms with Crippen LogP contribution in [0.2, 0.25) is 0 Å². The molecule has 0 radical (unpaired) electrons. The molecule has 0 bridgehead atoms. The Kier molecular flexibility index (Phi) is 4.13. The van der Waals surface area contributed by atoms with E-state index in [2.05, 4.69) is 21.4 Å². The minimum atomic E-state index is -0.730. The fourth-order valence-electron chi connectivity index (χ4n) is 1.63. The maximum atomic E-state index is 11.9. The number of terminal acetylenes is 1. The van der Waals surface area contributed by atoms with Gasteiger partial charge in [-0.25, -0.2) is 0 Å². The van der Waals surface area contributed by atoms with Crippen molar-refractivity contribution in [2.75, 3.05) is 5.32 Å². The van der Waals surface area contributed by atoms with Crippen LogP contribution in [-0.4, -0.2) is 22.1 Å². The highest BCUT2D eigenvalue weighted by Gasteiger charge is 2.14. The second-order valence-corrected chi connectivity index (χ2v) is 4.28. The quantitative estimate of drug-likeness (QED) is 0.817. The van der Waals surface area contributed by atoms with Gasteiger partial charge in [-0.3, -0.25) is 4.79 Å². The summed E-state index contributed by atoms with van der Waals surface area (Å²) >= 11 is 0. The van der Waals surface area contributed by atoms with Gasteiger partial charge in [-0.1, -0.05) is 6.07 Å². The topological polar surface area (TPSA) is 94.0 Å². The number of carbonyl (C=O) groups is 1. The fourth-order valence-corrected chi connectivity index (χ4v) is 1.63. The third-order valence-corrected chi connectivity index (χ3v) is 2.78. The number of amides is 1. The summed E-state index contributed by atoms with van der Waals surface area (Å²) in [6, 6.07) is 4.71. The van der Waals surface area contributed by atoms with Gasteiger partial charge in [0.2, 0.25) is 18.2 Å². The predicted octanol–water partition coefficient (Wildman–Crippen LogP) is 1.33. The number of nitrogens with zero attached hydrogens (tertiary/aromatic N) is 2. The highest BCUT2D eigenvalue weighted by Crippen LogP contribution is 2.23. The van der Waals surface area contributed by atoms with Crippen molar-refractivity contribution in [1.29, 1.82) is 0 Å². The zero-order valence-electron chi connectivity index (χ0n) is 11.0. The maximum absolute atomic E-state index is 11.9. The summed E-state index contributed by atoms with van der Waals surface area (Å²) in [5.41, 5.74) is 7.91. The van der Waals surface area contributed by atoms with Gasteiger partial charge < -0.3 is 15.5 Å². The van der Waals surface area contributed by atoms with E-state index < -0.39 is 6.04 Å². The van der Waals surface area contributed by atoms with Gasteiger partial charge in [0, 0.05) is 17.7 Å². The number of carbonyl (C=O) groups excluding carboxylic acids is 1. The van der Waals surface area contributed by atoms with E-state index in [0.717, 1.165) is 5.56 Å². The molecule has 2 aromatic rings. The Bertz CT molecular complexity index is 644. The van der Waals surface area contributed by atoms with Gasteiger partial charge >= 0.3 is 0 Å². The highest BCUT2D eigenvalue weighted by atomic mass is 16.4. The first kappa shape index (κ1) is 13.8. The van der Waals surface area contributed by atoms with Crippen molar-refractivity contribution in [2.24, 2.45) is 5.73 Å². The zero-order valence-corrected chi connectivity index (χ0v) is 11.0. The average molecular weight is 270 g/mol. The second-order valence-electron chi connectivity index (χ2n) is 4.28.